The van der Waals surface area contributed by atoms with Crippen LogP contribution in [0.4, 0.5) is 5.69 Å². The van der Waals surface area contributed by atoms with Crippen molar-refractivity contribution in [3.05, 3.63) is 58.1 Å². The lowest BCUT2D eigenvalue weighted by Gasteiger charge is -2.16. The zero-order valence-corrected chi connectivity index (χ0v) is 14.6. The van der Waals surface area contributed by atoms with Crippen LogP contribution in [0.3, 0.4) is 0 Å². The molecule has 0 aliphatic carbocycles. The van der Waals surface area contributed by atoms with Gasteiger partial charge < -0.3 is 10.1 Å². The second-order valence-electron chi connectivity index (χ2n) is 5.82. The number of rotatable bonds is 5. The summed E-state index contributed by atoms with van der Waals surface area (Å²) in [7, 11) is 0. The van der Waals surface area contributed by atoms with Gasteiger partial charge in [-0.25, -0.2) is 0 Å². The Hall–Kier alpha value is -2.51. The SMILES string of the molecule is Cc1cc(OCC(=O)Nc2ccc(C#N)cc2)c(C(C)C)cc1Cl. The molecule has 0 bridgehead atoms. The fourth-order valence-corrected chi connectivity index (χ4v) is 2.39. The molecule has 4 nitrogen and oxygen atoms in total. The molecule has 2 aromatic rings. The summed E-state index contributed by atoms with van der Waals surface area (Å²) >= 11 is 6.17. The molecule has 0 aliphatic heterocycles. The van der Waals surface area contributed by atoms with Gasteiger partial charge in [-0.3, -0.25) is 4.79 Å². The number of nitrogens with one attached hydrogen (secondary N) is 1. The lowest BCUT2D eigenvalue weighted by Crippen LogP contribution is -2.20. The maximum atomic E-state index is 12.0. The molecule has 0 fully saturated rings. The van der Waals surface area contributed by atoms with E-state index in [0.29, 0.717) is 22.0 Å². The van der Waals surface area contributed by atoms with Crippen molar-refractivity contribution in [2.24, 2.45) is 0 Å². The maximum absolute atomic E-state index is 12.0. The second-order valence-corrected chi connectivity index (χ2v) is 6.23. The van der Waals surface area contributed by atoms with Crippen LogP contribution in [0.15, 0.2) is 36.4 Å². The molecular weight excluding hydrogens is 324 g/mol. The summed E-state index contributed by atoms with van der Waals surface area (Å²) in [4.78, 5) is 12.0. The molecule has 0 aromatic heterocycles. The number of nitriles is 1. The number of ether oxygens (including phenoxy) is 1. The first-order valence-corrected chi connectivity index (χ1v) is 8.01. The lowest BCUT2D eigenvalue weighted by molar-refractivity contribution is -0.118. The van der Waals surface area contributed by atoms with Crippen LogP contribution >= 0.6 is 11.6 Å². The minimum atomic E-state index is -0.262. The van der Waals surface area contributed by atoms with Crippen molar-refractivity contribution in [3.8, 4) is 11.8 Å². The molecule has 2 rings (SSSR count). The average molecular weight is 343 g/mol. The van der Waals surface area contributed by atoms with Crippen LogP contribution in [-0.4, -0.2) is 12.5 Å². The molecular formula is C19H19ClN2O2. The topological polar surface area (TPSA) is 62.1 Å². The Labute approximate surface area is 147 Å². The lowest BCUT2D eigenvalue weighted by atomic mass is 10.0. The third-order valence-corrected chi connectivity index (χ3v) is 3.98. The van der Waals surface area contributed by atoms with Crippen molar-refractivity contribution in [1.29, 1.82) is 5.26 Å². The van der Waals surface area contributed by atoms with Gasteiger partial charge in [0.1, 0.15) is 5.75 Å². The Morgan fingerprint density at radius 1 is 1.29 bits per heavy atom. The Balaban J connectivity index is 2.03. The molecule has 2 aromatic carbocycles. The van der Waals surface area contributed by atoms with Crippen molar-refractivity contribution in [2.75, 3.05) is 11.9 Å². The Morgan fingerprint density at radius 2 is 1.96 bits per heavy atom. The molecule has 0 unspecified atom stereocenters. The molecule has 0 heterocycles. The highest BCUT2D eigenvalue weighted by Gasteiger charge is 2.13. The molecule has 1 amide bonds. The van der Waals surface area contributed by atoms with E-state index < -0.39 is 0 Å². The number of nitrogens with zero attached hydrogens (tertiary/aromatic N) is 1. The van der Waals surface area contributed by atoms with Crippen molar-refractivity contribution >= 4 is 23.2 Å². The van der Waals surface area contributed by atoms with Crippen LogP contribution < -0.4 is 10.1 Å². The molecule has 0 spiro atoms. The molecule has 0 radical (unpaired) electrons. The van der Waals surface area contributed by atoms with Gasteiger partial charge in [-0.1, -0.05) is 25.4 Å². The fourth-order valence-electron chi connectivity index (χ4n) is 2.22. The first-order chi connectivity index (χ1) is 11.4. The predicted octanol–water partition coefficient (Wildman–Crippen LogP) is 4.66. The summed E-state index contributed by atoms with van der Waals surface area (Å²) in [6.45, 7) is 5.90. The number of benzene rings is 2. The van der Waals surface area contributed by atoms with E-state index in [1.54, 1.807) is 24.3 Å². The number of hydrogen-bond donors (Lipinski definition) is 1. The zero-order valence-electron chi connectivity index (χ0n) is 13.9. The van der Waals surface area contributed by atoms with Crippen LogP contribution in [0.25, 0.3) is 0 Å². The summed E-state index contributed by atoms with van der Waals surface area (Å²) in [5.74, 6) is 0.642. The van der Waals surface area contributed by atoms with Gasteiger partial charge in [0.15, 0.2) is 6.61 Å². The fraction of sp³-hybridized carbons (Fsp3) is 0.263. The van der Waals surface area contributed by atoms with E-state index in [-0.39, 0.29) is 18.4 Å². The molecule has 0 aliphatic rings. The highest BCUT2D eigenvalue weighted by Crippen LogP contribution is 2.32. The van der Waals surface area contributed by atoms with Gasteiger partial charge >= 0.3 is 0 Å². The predicted molar refractivity (Wildman–Crippen MR) is 95.6 cm³/mol. The van der Waals surface area contributed by atoms with Gasteiger partial charge in [-0.15, -0.1) is 0 Å². The number of hydrogen-bond acceptors (Lipinski definition) is 3. The summed E-state index contributed by atoms with van der Waals surface area (Å²) in [6, 6.07) is 12.4. The van der Waals surface area contributed by atoms with E-state index in [2.05, 4.69) is 5.32 Å². The number of aryl methyl sites for hydroxylation is 1. The smallest absolute Gasteiger partial charge is 0.262 e. The standard InChI is InChI=1S/C19H19ClN2O2/c1-12(2)16-9-17(20)13(3)8-18(16)24-11-19(23)22-15-6-4-14(10-21)5-7-15/h4-9,12H,11H2,1-3H3,(H,22,23). The zero-order chi connectivity index (χ0) is 17.7. The Kier molecular flexibility index (Phi) is 5.83. The first kappa shape index (κ1) is 17.8. The summed E-state index contributed by atoms with van der Waals surface area (Å²) in [5.41, 5.74) is 3.04. The Morgan fingerprint density at radius 3 is 2.54 bits per heavy atom. The van der Waals surface area contributed by atoms with Crippen LogP contribution in [0.1, 0.15) is 36.5 Å². The molecule has 0 atom stereocenters. The summed E-state index contributed by atoms with van der Waals surface area (Å²) in [5, 5.41) is 12.2. The van der Waals surface area contributed by atoms with E-state index in [9.17, 15) is 4.79 Å². The van der Waals surface area contributed by atoms with Gasteiger partial charge in [-0.05, 0) is 60.4 Å². The highest BCUT2D eigenvalue weighted by atomic mass is 35.5. The largest absolute Gasteiger partial charge is 0.483 e. The Bertz CT molecular complexity index is 777. The van der Waals surface area contributed by atoms with Crippen molar-refractivity contribution in [2.45, 2.75) is 26.7 Å². The normalized spacial score (nSPS) is 10.3. The minimum absolute atomic E-state index is 0.0964. The number of amides is 1. The quantitative estimate of drug-likeness (QED) is 0.859. The van der Waals surface area contributed by atoms with Gasteiger partial charge in [-0.2, -0.15) is 5.26 Å². The number of halogens is 1. The first-order valence-electron chi connectivity index (χ1n) is 7.63. The van der Waals surface area contributed by atoms with Crippen LogP contribution in [-0.2, 0) is 4.79 Å². The minimum Gasteiger partial charge on any atom is -0.483 e. The van der Waals surface area contributed by atoms with Crippen molar-refractivity contribution in [3.63, 3.8) is 0 Å². The van der Waals surface area contributed by atoms with E-state index >= 15 is 0 Å². The molecule has 0 saturated heterocycles. The maximum Gasteiger partial charge on any atom is 0.262 e. The van der Waals surface area contributed by atoms with Crippen LogP contribution in [0.5, 0.6) is 5.75 Å². The van der Waals surface area contributed by atoms with E-state index in [1.807, 2.05) is 39.0 Å². The van der Waals surface area contributed by atoms with Crippen molar-refractivity contribution < 1.29 is 9.53 Å². The monoisotopic (exact) mass is 342 g/mol. The van der Waals surface area contributed by atoms with Crippen LogP contribution in [0.2, 0.25) is 5.02 Å². The molecule has 0 saturated carbocycles. The third kappa shape index (κ3) is 4.50. The molecule has 1 N–H and O–H groups in total. The summed E-state index contributed by atoms with van der Waals surface area (Å²) < 4.78 is 5.69. The van der Waals surface area contributed by atoms with E-state index in [4.69, 9.17) is 21.6 Å². The summed E-state index contributed by atoms with van der Waals surface area (Å²) in [6.07, 6.45) is 0. The molecule has 124 valence electrons. The average Bonchev–Trinajstić information content (AvgIpc) is 2.56. The number of anilines is 1. The number of carbonyl (C=O) groups is 1. The van der Waals surface area contributed by atoms with E-state index in [0.717, 1.165) is 11.1 Å². The second kappa shape index (κ2) is 7.85. The van der Waals surface area contributed by atoms with E-state index in [1.165, 1.54) is 0 Å². The van der Waals surface area contributed by atoms with Gasteiger partial charge in [0.2, 0.25) is 0 Å². The van der Waals surface area contributed by atoms with Crippen LogP contribution in [0, 0.1) is 18.3 Å². The van der Waals surface area contributed by atoms with Gasteiger partial charge in [0.25, 0.3) is 5.91 Å². The van der Waals surface area contributed by atoms with Gasteiger partial charge in [0.05, 0.1) is 11.6 Å². The van der Waals surface area contributed by atoms with Crippen molar-refractivity contribution in [1.82, 2.24) is 0 Å². The molecule has 24 heavy (non-hydrogen) atoms. The highest BCUT2D eigenvalue weighted by molar-refractivity contribution is 6.31. The molecule has 5 heteroatoms. The third-order valence-electron chi connectivity index (χ3n) is 3.57. The number of carbonyl (C=O) groups excluding carboxylic acids is 1. The van der Waals surface area contributed by atoms with Gasteiger partial charge in [0, 0.05) is 10.7 Å².